The lowest BCUT2D eigenvalue weighted by molar-refractivity contribution is -0.385. The Bertz CT molecular complexity index is 807. The molecule has 0 saturated carbocycles. The molecule has 0 spiro atoms. The third-order valence-electron chi connectivity index (χ3n) is 3.44. The van der Waals surface area contributed by atoms with E-state index in [1.54, 1.807) is 0 Å². The van der Waals surface area contributed by atoms with Crippen LogP contribution in [0.25, 0.3) is 0 Å². The molecule has 2 heterocycles. The van der Waals surface area contributed by atoms with Crippen LogP contribution in [0.1, 0.15) is 36.1 Å². The van der Waals surface area contributed by atoms with Crippen LogP contribution < -0.4 is 11.1 Å². The van der Waals surface area contributed by atoms with E-state index in [4.69, 9.17) is 5.73 Å². The normalized spacial score (nSPS) is 12.0. The van der Waals surface area contributed by atoms with E-state index in [0.29, 0.717) is 6.54 Å². The Hall–Kier alpha value is -3.24. The number of aromatic nitrogens is 4. The minimum Gasteiger partial charge on any atom is -0.364 e. The van der Waals surface area contributed by atoms with E-state index in [2.05, 4.69) is 15.5 Å². The second kappa shape index (κ2) is 6.48. The van der Waals surface area contributed by atoms with E-state index in [0.717, 1.165) is 0 Å². The first-order chi connectivity index (χ1) is 11.2. The summed E-state index contributed by atoms with van der Waals surface area (Å²) in [5, 5.41) is 21.4. The van der Waals surface area contributed by atoms with Gasteiger partial charge in [-0.2, -0.15) is 10.2 Å². The van der Waals surface area contributed by atoms with E-state index < -0.39 is 22.8 Å². The van der Waals surface area contributed by atoms with Crippen LogP contribution >= 0.6 is 0 Å². The monoisotopic (exact) mass is 335 g/mol. The number of carbonyl (C=O) groups excluding carboxylic acids is 2. The molecule has 2 amide bonds. The number of rotatable bonds is 6. The number of nitro groups is 1. The molecule has 0 aromatic carbocycles. The molecule has 2 aromatic rings. The van der Waals surface area contributed by atoms with Crippen molar-refractivity contribution in [3.8, 4) is 0 Å². The summed E-state index contributed by atoms with van der Waals surface area (Å²) >= 11 is 0. The Labute approximate surface area is 136 Å². The molecule has 0 aliphatic heterocycles. The highest BCUT2D eigenvalue weighted by molar-refractivity contribution is 6.02. The molecule has 2 aromatic heterocycles. The molecule has 0 aliphatic carbocycles. The minimum absolute atomic E-state index is 0.0555. The largest absolute Gasteiger partial charge is 0.364 e. The fourth-order valence-electron chi connectivity index (χ4n) is 2.06. The molecular formula is C13H17N7O4. The zero-order chi connectivity index (χ0) is 18.0. The maximum absolute atomic E-state index is 12.3. The maximum Gasteiger partial charge on any atom is 0.309 e. The van der Waals surface area contributed by atoms with Gasteiger partial charge in [0.1, 0.15) is 17.9 Å². The summed E-state index contributed by atoms with van der Waals surface area (Å²) in [7, 11) is 0. The molecule has 1 atom stereocenters. The molecule has 0 fully saturated rings. The Morgan fingerprint density at radius 2 is 2.08 bits per heavy atom. The average molecular weight is 335 g/mol. The van der Waals surface area contributed by atoms with E-state index in [9.17, 15) is 19.7 Å². The van der Waals surface area contributed by atoms with Gasteiger partial charge in [-0.1, -0.05) is 0 Å². The van der Waals surface area contributed by atoms with Gasteiger partial charge >= 0.3 is 5.69 Å². The van der Waals surface area contributed by atoms with E-state index in [1.807, 2.05) is 6.92 Å². The smallest absolute Gasteiger partial charge is 0.309 e. The average Bonchev–Trinajstić information content (AvgIpc) is 3.10. The lowest BCUT2D eigenvalue weighted by Crippen LogP contribution is -2.25. The van der Waals surface area contributed by atoms with E-state index in [-0.39, 0.29) is 22.8 Å². The number of anilines is 1. The Kier molecular flexibility index (Phi) is 4.62. The third-order valence-corrected chi connectivity index (χ3v) is 3.44. The highest BCUT2D eigenvalue weighted by Crippen LogP contribution is 2.20. The topological polar surface area (TPSA) is 151 Å². The van der Waals surface area contributed by atoms with Crippen LogP contribution in [0, 0.1) is 17.0 Å². The minimum atomic E-state index is -0.830. The van der Waals surface area contributed by atoms with Gasteiger partial charge in [-0.3, -0.25) is 29.1 Å². The predicted molar refractivity (Wildman–Crippen MR) is 83.4 cm³/mol. The number of hydrogen-bond donors (Lipinski definition) is 2. The van der Waals surface area contributed by atoms with Gasteiger partial charge in [0.25, 0.3) is 5.91 Å². The summed E-state index contributed by atoms with van der Waals surface area (Å²) in [4.78, 5) is 34.0. The van der Waals surface area contributed by atoms with Crippen LogP contribution in [0.2, 0.25) is 0 Å². The van der Waals surface area contributed by atoms with Crippen molar-refractivity contribution >= 4 is 23.2 Å². The van der Waals surface area contributed by atoms with Gasteiger partial charge in [0.15, 0.2) is 5.69 Å². The first-order valence-electron chi connectivity index (χ1n) is 7.12. The number of primary amides is 1. The number of amides is 2. The van der Waals surface area contributed by atoms with Crippen molar-refractivity contribution in [2.45, 2.75) is 33.4 Å². The number of carbonyl (C=O) groups is 2. The first kappa shape index (κ1) is 17.1. The number of hydrogen-bond acceptors (Lipinski definition) is 6. The lowest BCUT2D eigenvalue weighted by atomic mass is 10.3. The molecule has 24 heavy (non-hydrogen) atoms. The molecular weight excluding hydrogens is 318 g/mol. The van der Waals surface area contributed by atoms with Crippen molar-refractivity contribution in [3.63, 3.8) is 0 Å². The standard InChI is InChI=1S/C13H17N7O4/c1-4-18-5-9(11(17-18)12(14)21)15-13(22)8(3)19-6-10(20(23)24)7(2)16-19/h5-6,8H,4H2,1-3H3,(H2,14,21)(H,15,22). The van der Waals surface area contributed by atoms with Gasteiger partial charge in [-0.25, -0.2) is 0 Å². The van der Waals surface area contributed by atoms with Crippen LogP contribution in [0.15, 0.2) is 12.4 Å². The van der Waals surface area contributed by atoms with Crippen LogP contribution in [0.3, 0.4) is 0 Å². The van der Waals surface area contributed by atoms with Crippen molar-refractivity contribution < 1.29 is 14.5 Å². The summed E-state index contributed by atoms with van der Waals surface area (Å²) in [5.41, 5.74) is 5.40. The van der Waals surface area contributed by atoms with Crippen molar-refractivity contribution in [3.05, 3.63) is 33.9 Å². The SMILES string of the molecule is CCn1cc(NC(=O)C(C)n2cc([N+](=O)[O-])c(C)n2)c(C(N)=O)n1. The van der Waals surface area contributed by atoms with Gasteiger partial charge in [-0.05, 0) is 20.8 Å². The zero-order valence-corrected chi connectivity index (χ0v) is 13.4. The molecule has 11 nitrogen and oxygen atoms in total. The van der Waals surface area contributed by atoms with Gasteiger partial charge in [0.2, 0.25) is 5.91 Å². The van der Waals surface area contributed by atoms with Crippen LogP contribution in [-0.2, 0) is 11.3 Å². The van der Waals surface area contributed by atoms with Crippen LogP contribution in [0.4, 0.5) is 11.4 Å². The Morgan fingerprint density at radius 3 is 2.58 bits per heavy atom. The Balaban J connectivity index is 2.23. The third kappa shape index (κ3) is 3.24. The fraction of sp³-hybridized carbons (Fsp3) is 0.385. The molecule has 3 N–H and O–H groups in total. The first-order valence-corrected chi connectivity index (χ1v) is 7.12. The van der Waals surface area contributed by atoms with Gasteiger partial charge in [-0.15, -0.1) is 0 Å². The number of aryl methyl sites for hydroxylation is 2. The maximum atomic E-state index is 12.3. The summed E-state index contributed by atoms with van der Waals surface area (Å²) in [6, 6.07) is -0.830. The molecule has 11 heteroatoms. The van der Waals surface area contributed by atoms with Gasteiger partial charge < -0.3 is 11.1 Å². The second-order valence-corrected chi connectivity index (χ2v) is 5.11. The second-order valence-electron chi connectivity index (χ2n) is 5.11. The quantitative estimate of drug-likeness (QED) is 0.583. The fourth-order valence-corrected chi connectivity index (χ4v) is 2.06. The highest BCUT2D eigenvalue weighted by Gasteiger charge is 2.24. The van der Waals surface area contributed by atoms with Crippen LogP contribution in [-0.4, -0.2) is 36.3 Å². The molecule has 1 unspecified atom stereocenters. The summed E-state index contributed by atoms with van der Waals surface area (Å²) < 4.78 is 2.65. The molecule has 128 valence electrons. The van der Waals surface area contributed by atoms with Crippen molar-refractivity contribution in [1.29, 1.82) is 0 Å². The molecule has 0 aliphatic rings. The van der Waals surface area contributed by atoms with Gasteiger partial charge in [0, 0.05) is 12.7 Å². The van der Waals surface area contributed by atoms with Crippen molar-refractivity contribution in [1.82, 2.24) is 19.6 Å². The lowest BCUT2D eigenvalue weighted by Gasteiger charge is -2.11. The number of nitrogens with zero attached hydrogens (tertiary/aromatic N) is 5. The van der Waals surface area contributed by atoms with E-state index >= 15 is 0 Å². The highest BCUT2D eigenvalue weighted by atomic mass is 16.6. The molecule has 0 saturated heterocycles. The molecule has 2 rings (SSSR count). The summed E-state index contributed by atoms with van der Waals surface area (Å²) in [6.45, 7) is 5.32. The molecule has 0 radical (unpaired) electrons. The zero-order valence-electron chi connectivity index (χ0n) is 13.4. The summed E-state index contributed by atoms with van der Waals surface area (Å²) in [5.74, 6) is -1.28. The number of nitrogens with two attached hydrogens (primary N) is 1. The molecule has 0 bridgehead atoms. The predicted octanol–water partition coefficient (Wildman–Crippen LogP) is 0.615. The summed E-state index contributed by atoms with van der Waals surface area (Å²) in [6.07, 6.45) is 2.67. The van der Waals surface area contributed by atoms with E-state index in [1.165, 1.54) is 35.6 Å². The van der Waals surface area contributed by atoms with Crippen molar-refractivity contribution in [2.24, 2.45) is 5.73 Å². The number of nitrogens with one attached hydrogen (secondary N) is 1. The van der Waals surface area contributed by atoms with Crippen molar-refractivity contribution in [2.75, 3.05) is 5.32 Å². The Morgan fingerprint density at radius 1 is 1.42 bits per heavy atom. The van der Waals surface area contributed by atoms with Gasteiger partial charge in [0.05, 0.1) is 10.6 Å². The van der Waals surface area contributed by atoms with Crippen LogP contribution in [0.5, 0.6) is 0 Å².